The zero-order chi connectivity index (χ0) is 24.8. The first kappa shape index (κ1) is 25.9. The number of aliphatic carboxylic acids is 2. The number of carbonyl (C=O) groups is 2. The van der Waals surface area contributed by atoms with Gasteiger partial charge in [-0.15, -0.1) is 0 Å². The van der Waals surface area contributed by atoms with E-state index >= 15 is 0 Å². The highest BCUT2D eigenvalue weighted by Crippen LogP contribution is 2.44. The minimum absolute atomic E-state index is 0.144. The van der Waals surface area contributed by atoms with Crippen LogP contribution in [0, 0.1) is 5.82 Å². The molecule has 1 atom stereocenters. The van der Waals surface area contributed by atoms with Gasteiger partial charge < -0.3 is 15.1 Å². The van der Waals surface area contributed by atoms with E-state index in [1.54, 1.807) is 23.9 Å². The molecule has 0 bridgehead atoms. The second-order valence-corrected chi connectivity index (χ2v) is 9.96. The summed E-state index contributed by atoms with van der Waals surface area (Å²) in [6, 6.07) is 12.5. The number of likely N-dealkylation sites (N-methyl/N-ethyl adjacent to an activating group) is 1. The van der Waals surface area contributed by atoms with E-state index in [-0.39, 0.29) is 5.82 Å². The van der Waals surface area contributed by atoms with E-state index in [1.807, 2.05) is 6.07 Å². The first-order chi connectivity index (χ1) is 16.1. The molecular formula is C26H31FN2O4S. The number of hydrogen-bond donors (Lipinski definition) is 2. The Morgan fingerprint density at radius 2 is 1.65 bits per heavy atom. The number of fused-ring (bicyclic) bond motifs is 2. The molecule has 2 aliphatic rings. The van der Waals surface area contributed by atoms with Crippen molar-refractivity contribution in [3.05, 3.63) is 71.1 Å². The molecule has 2 heterocycles. The summed E-state index contributed by atoms with van der Waals surface area (Å²) >= 11 is 1.73. The summed E-state index contributed by atoms with van der Waals surface area (Å²) in [5.74, 6) is -2.14. The van der Waals surface area contributed by atoms with Crippen molar-refractivity contribution < 1.29 is 24.2 Å². The fraction of sp³-hybridized carbons (Fsp3) is 0.385. The van der Waals surface area contributed by atoms with Gasteiger partial charge in [-0.1, -0.05) is 43.8 Å². The maximum Gasteiger partial charge on any atom is 0.328 e. The van der Waals surface area contributed by atoms with Crippen LogP contribution in [0.15, 0.2) is 58.3 Å². The molecular weight excluding hydrogens is 455 g/mol. The molecule has 2 aromatic rings. The number of nitrogens with zero attached hydrogens (tertiary/aromatic N) is 2. The zero-order valence-electron chi connectivity index (χ0n) is 19.7. The van der Waals surface area contributed by atoms with Crippen LogP contribution in [-0.4, -0.2) is 65.2 Å². The predicted octanol–water partition coefficient (Wildman–Crippen LogP) is 4.66. The zero-order valence-corrected chi connectivity index (χ0v) is 20.5. The van der Waals surface area contributed by atoms with Crippen molar-refractivity contribution in [1.29, 1.82) is 0 Å². The molecule has 1 fully saturated rings. The summed E-state index contributed by atoms with van der Waals surface area (Å²) in [6.07, 6.45) is 2.07. The molecule has 0 aliphatic carbocycles. The largest absolute Gasteiger partial charge is 0.478 e. The number of carboxylic acid groups (broad SMARTS) is 2. The van der Waals surface area contributed by atoms with Crippen LogP contribution in [-0.2, 0) is 16.0 Å². The summed E-state index contributed by atoms with van der Waals surface area (Å²) in [5, 5.41) is 15.6. The Labute approximate surface area is 204 Å². The van der Waals surface area contributed by atoms with E-state index in [0.29, 0.717) is 24.1 Å². The van der Waals surface area contributed by atoms with E-state index in [4.69, 9.17) is 10.2 Å². The maximum absolute atomic E-state index is 13.8. The maximum atomic E-state index is 13.8. The Morgan fingerprint density at radius 1 is 1.00 bits per heavy atom. The van der Waals surface area contributed by atoms with Crippen molar-refractivity contribution in [2.24, 2.45) is 0 Å². The van der Waals surface area contributed by atoms with Crippen LogP contribution in [0.2, 0.25) is 0 Å². The van der Waals surface area contributed by atoms with Gasteiger partial charge in [0.2, 0.25) is 0 Å². The second kappa shape index (κ2) is 11.6. The van der Waals surface area contributed by atoms with Crippen LogP contribution in [0.5, 0.6) is 0 Å². The highest BCUT2D eigenvalue weighted by molar-refractivity contribution is 7.99. The average Bonchev–Trinajstić information content (AvgIpc) is 2.94. The molecule has 2 N–H and O–H groups in total. The molecule has 1 saturated heterocycles. The normalized spacial score (nSPS) is 18.6. The summed E-state index contributed by atoms with van der Waals surface area (Å²) in [4.78, 5) is 26.5. The first-order valence-corrected chi connectivity index (χ1v) is 12.1. The Hall–Kier alpha value is -2.68. The van der Waals surface area contributed by atoms with Crippen LogP contribution in [0.3, 0.4) is 0 Å². The quantitative estimate of drug-likeness (QED) is 0.609. The lowest BCUT2D eigenvalue weighted by molar-refractivity contribution is -0.134. The van der Waals surface area contributed by atoms with Crippen LogP contribution in [0.4, 0.5) is 4.39 Å². The fourth-order valence-electron chi connectivity index (χ4n) is 4.11. The lowest BCUT2D eigenvalue weighted by atomic mass is 9.93. The smallest absolute Gasteiger partial charge is 0.328 e. The molecule has 0 aromatic heterocycles. The molecule has 0 amide bonds. The molecule has 0 radical (unpaired) electrons. The van der Waals surface area contributed by atoms with E-state index in [2.05, 4.69) is 48.9 Å². The highest BCUT2D eigenvalue weighted by Gasteiger charge is 2.30. The third-order valence-electron chi connectivity index (χ3n) is 6.07. The summed E-state index contributed by atoms with van der Waals surface area (Å²) in [7, 11) is 2.20. The van der Waals surface area contributed by atoms with E-state index in [0.717, 1.165) is 37.5 Å². The van der Waals surface area contributed by atoms with Crippen molar-refractivity contribution in [2.45, 2.75) is 42.0 Å². The number of halogens is 1. The minimum Gasteiger partial charge on any atom is -0.478 e. The first-order valence-electron chi connectivity index (χ1n) is 11.3. The Bertz CT molecular complexity index is 1050. The molecule has 0 saturated carbocycles. The minimum atomic E-state index is -1.26. The van der Waals surface area contributed by atoms with Gasteiger partial charge in [0.05, 0.1) is 0 Å². The molecule has 4 rings (SSSR count). The van der Waals surface area contributed by atoms with Gasteiger partial charge in [-0.05, 0) is 54.3 Å². The Morgan fingerprint density at radius 3 is 2.24 bits per heavy atom. The third-order valence-corrected chi connectivity index (χ3v) is 7.26. The molecule has 34 heavy (non-hydrogen) atoms. The van der Waals surface area contributed by atoms with Gasteiger partial charge in [-0.3, -0.25) is 4.90 Å². The van der Waals surface area contributed by atoms with E-state index < -0.39 is 11.9 Å². The Kier molecular flexibility index (Phi) is 8.88. The molecule has 1 unspecified atom stereocenters. The van der Waals surface area contributed by atoms with Crippen molar-refractivity contribution >= 4 is 23.7 Å². The molecule has 8 heteroatoms. The van der Waals surface area contributed by atoms with Gasteiger partial charge in [0.15, 0.2) is 0 Å². The van der Waals surface area contributed by atoms with Crippen LogP contribution < -0.4 is 0 Å². The van der Waals surface area contributed by atoms with Gasteiger partial charge in [0, 0.05) is 54.2 Å². The second-order valence-electron chi connectivity index (χ2n) is 8.88. The highest BCUT2D eigenvalue weighted by atomic mass is 32.2. The predicted molar refractivity (Wildman–Crippen MR) is 131 cm³/mol. The SMILES string of the molecule is CC(C)c1ccc2c(c1)C(N1CCN(C)CC1)Cc1ccc(F)cc1S2.O=C(O)/C=C\C(=O)O. The molecule has 2 aliphatic heterocycles. The summed E-state index contributed by atoms with van der Waals surface area (Å²) in [5.41, 5.74) is 4.07. The van der Waals surface area contributed by atoms with Crippen LogP contribution >= 0.6 is 11.8 Å². The van der Waals surface area contributed by atoms with Gasteiger partial charge in [-0.2, -0.15) is 0 Å². The number of hydrogen-bond acceptors (Lipinski definition) is 5. The number of benzene rings is 2. The number of piperazine rings is 1. The standard InChI is InChI=1S/C22H27FN2S.C4H4O4/c1-15(2)16-5-7-21-19(12-16)20(25-10-8-24(3)9-11-25)13-17-4-6-18(23)14-22(17)26-21;5-3(6)1-2-4(7)8/h4-7,12,14-15,20H,8-11,13H2,1-3H3;1-2H,(H,5,6)(H,7,8)/b;2-1-. The van der Waals surface area contributed by atoms with Gasteiger partial charge in [-0.25, -0.2) is 14.0 Å². The van der Waals surface area contributed by atoms with Crippen LogP contribution in [0.1, 0.15) is 42.5 Å². The summed E-state index contributed by atoms with van der Waals surface area (Å²) in [6.45, 7) is 8.90. The van der Waals surface area contributed by atoms with Crippen LogP contribution in [0.25, 0.3) is 0 Å². The average molecular weight is 487 g/mol. The van der Waals surface area contributed by atoms with Gasteiger partial charge >= 0.3 is 11.9 Å². The third kappa shape index (κ3) is 6.91. The van der Waals surface area contributed by atoms with Crippen molar-refractivity contribution in [3.8, 4) is 0 Å². The fourth-order valence-corrected chi connectivity index (χ4v) is 5.25. The van der Waals surface area contributed by atoms with Crippen molar-refractivity contribution in [2.75, 3.05) is 33.2 Å². The Balaban J connectivity index is 0.000000350. The van der Waals surface area contributed by atoms with E-state index in [1.165, 1.54) is 21.6 Å². The number of carboxylic acids is 2. The molecule has 182 valence electrons. The topological polar surface area (TPSA) is 81.1 Å². The van der Waals surface area contributed by atoms with Gasteiger partial charge in [0.1, 0.15) is 5.82 Å². The van der Waals surface area contributed by atoms with Gasteiger partial charge in [0.25, 0.3) is 0 Å². The van der Waals surface area contributed by atoms with Crippen molar-refractivity contribution in [3.63, 3.8) is 0 Å². The monoisotopic (exact) mass is 486 g/mol. The lowest BCUT2D eigenvalue weighted by Crippen LogP contribution is -2.46. The number of rotatable bonds is 4. The summed E-state index contributed by atoms with van der Waals surface area (Å²) < 4.78 is 13.8. The molecule has 2 aromatic carbocycles. The van der Waals surface area contributed by atoms with Crippen molar-refractivity contribution in [1.82, 2.24) is 9.80 Å². The molecule has 0 spiro atoms. The lowest BCUT2D eigenvalue weighted by Gasteiger charge is -2.38. The van der Waals surface area contributed by atoms with E-state index in [9.17, 15) is 14.0 Å². The molecule has 6 nitrogen and oxygen atoms in total.